The Morgan fingerprint density at radius 2 is 1.91 bits per heavy atom. The fourth-order valence-electron chi connectivity index (χ4n) is 2.74. The number of halogens is 1. The Bertz CT molecular complexity index is 651. The summed E-state index contributed by atoms with van der Waals surface area (Å²) in [5, 5.41) is 3.35. The number of hydrogen-bond donors (Lipinski definition) is 1. The highest BCUT2D eigenvalue weighted by Gasteiger charge is 2.19. The molecule has 2 aromatic rings. The predicted molar refractivity (Wildman–Crippen MR) is 86.6 cm³/mol. The van der Waals surface area contributed by atoms with Gasteiger partial charge in [0.05, 0.1) is 23.1 Å². The molecule has 0 spiro atoms. The van der Waals surface area contributed by atoms with Gasteiger partial charge in [0.2, 0.25) is 0 Å². The van der Waals surface area contributed by atoms with Gasteiger partial charge in [-0.15, -0.1) is 0 Å². The summed E-state index contributed by atoms with van der Waals surface area (Å²) in [6, 6.07) is 6.65. The highest BCUT2D eigenvalue weighted by molar-refractivity contribution is 5.60. The van der Waals surface area contributed by atoms with E-state index in [1.807, 2.05) is 6.20 Å². The van der Waals surface area contributed by atoms with Gasteiger partial charge in [-0.1, -0.05) is 26.0 Å². The Morgan fingerprint density at radius 1 is 1.18 bits per heavy atom. The van der Waals surface area contributed by atoms with Gasteiger partial charge in [-0.3, -0.25) is 0 Å². The van der Waals surface area contributed by atoms with Gasteiger partial charge in [-0.05, 0) is 18.1 Å². The van der Waals surface area contributed by atoms with Crippen LogP contribution in [0, 0.1) is 5.82 Å². The number of benzene rings is 1. The number of piperazine rings is 1. The standard InChI is InChI=1S/C17H21FN4/c1-12(2)16-15(22-9-7-19-8-10-22)11-20-17(21-16)13-5-3-4-6-14(13)18/h3-6,11-12,19H,7-10H2,1-2H3. The molecule has 0 radical (unpaired) electrons. The maximum atomic E-state index is 14.0. The zero-order valence-corrected chi connectivity index (χ0v) is 13.0. The smallest absolute Gasteiger partial charge is 0.162 e. The third-order valence-corrected chi connectivity index (χ3v) is 3.92. The first kappa shape index (κ1) is 14.9. The molecule has 1 aromatic carbocycles. The Hall–Kier alpha value is -2.01. The van der Waals surface area contributed by atoms with Crippen LogP contribution < -0.4 is 10.2 Å². The van der Waals surface area contributed by atoms with Gasteiger partial charge in [-0.25, -0.2) is 14.4 Å². The van der Waals surface area contributed by atoms with Crippen LogP contribution in [-0.2, 0) is 0 Å². The third kappa shape index (κ3) is 2.95. The summed E-state index contributed by atoms with van der Waals surface area (Å²) in [5.41, 5.74) is 2.50. The molecule has 1 aliphatic rings. The zero-order chi connectivity index (χ0) is 15.5. The SMILES string of the molecule is CC(C)c1nc(-c2ccccc2F)ncc1N1CCNCC1. The monoisotopic (exact) mass is 300 g/mol. The molecule has 1 fully saturated rings. The number of nitrogens with one attached hydrogen (secondary N) is 1. The second kappa shape index (κ2) is 6.40. The molecule has 22 heavy (non-hydrogen) atoms. The lowest BCUT2D eigenvalue weighted by atomic mass is 10.1. The Kier molecular flexibility index (Phi) is 4.34. The van der Waals surface area contributed by atoms with Crippen molar-refractivity contribution in [3.8, 4) is 11.4 Å². The largest absolute Gasteiger partial charge is 0.366 e. The lowest BCUT2D eigenvalue weighted by molar-refractivity contribution is 0.584. The lowest BCUT2D eigenvalue weighted by Gasteiger charge is -2.31. The topological polar surface area (TPSA) is 41.1 Å². The Balaban J connectivity index is 2.02. The molecule has 1 aromatic heterocycles. The fourth-order valence-corrected chi connectivity index (χ4v) is 2.74. The molecule has 0 amide bonds. The fraction of sp³-hybridized carbons (Fsp3) is 0.412. The van der Waals surface area contributed by atoms with Crippen LogP contribution in [0.3, 0.4) is 0 Å². The molecule has 0 aliphatic carbocycles. The molecule has 1 saturated heterocycles. The van der Waals surface area contributed by atoms with E-state index in [0.717, 1.165) is 37.6 Å². The van der Waals surface area contributed by atoms with Crippen molar-refractivity contribution in [3.63, 3.8) is 0 Å². The number of hydrogen-bond acceptors (Lipinski definition) is 4. The summed E-state index contributed by atoms with van der Waals surface area (Å²) in [6.45, 7) is 8.04. The van der Waals surface area contributed by atoms with E-state index in [1.54, 1.807) is 18.2 Å². The van der Waals surface area contributed by atoms with E-state index in [9.17, 15) is 4.39 Å². The van der Waals surface area contributed by atoms with E-state index < -0.39 is 0 Å². The first-order chi connectivity index (χ1) is 10.7. The summed E-state index contributed by atoms with van der Waals surface area (Å²) in [7, 11) is 0. The van der Waals surface area contributed by atoms with Gasteiger partial charge in [0.1, 0.15) is 5.82 Å². The Morgan fingerprint density at radius 3 is 2.59 bits per heavy atom. The average molecular weight is 300 g/mol. The van der Waals surface area contributed by atoms with E-state index >= 15 is 0 Å². The van der Waals surface area contributed by atoms with Crippen molar-refractivity contribution in [1.82, 2.24) is 15.3 Å². The van der Waals surface area contributed by atoms with Crippen molar-refractivity contribution in [2.75, 3.05) is 31.1 Å². The predicted octanol–water partition coefficient (Wildman–Crippen LogP) is 2.82. The highest BCUT2D eigenvalue weighted by Crippen LogP contribution is 2.28. The zero-order valence-electron chi connectivity index (χ0n) is 13.0. The van der Waals surface area contributed by atoms with Crippen LogP contribution in [0.4, 0.5) is 10.1 Å². The minimum Gasteiger partial charge on any atom is -0.366 e. The normalized spacial score (nSPS) is 15.4. The van der Waals surface area contributed by atoms with Crippen molar-refractivity contribution in [3.05, 3.63) is 42.0 Å². The maximum absolute atomic E-state index is 14.0. The molecule has 0 atom stereocenters. The minimum absolute atomic E-state index is 0.262. The van der Waals surface area contributed by atoms with Gasteiger partial charge in [0.15, 0.2) is 5.82 Å². The van der Waals surface area contributed by atoms with E-state index in [2.05, 4.69) is 34.0 Å². The number of aromatic nitrogens is 2. The number of rotatable bonds is 3. The molecular formula is C17H21FN4. The van der Waals surface area contributed by atoms with Crippen molar-refractivity contribution in [2.24, 2.45) is 0 Å². The van der Waals surface area contributed by atoms with Crippen LogP contribution in [0.25, 0.3) is 11.4 Å². The lowest BCUT2D eigenvalue weighted by Crippen LogP contribution is -2.44. The van der Waals surface area contributed by atoms with E-state index in [0.29, 0.717) is 11.4 Å². The molecule has 1 aliphatic heterocycles. The molecule has 5 heteroatoms. The quantitative estimate of drug-likeness (QED) is 0.946. The van der Waals surface area contributed by atoms with Crippen molar-refractivity contribution in [2.45, 2.75) is 19.8 Å². The second-order valence-corrected chi connectivity index (χ2v) is 5.84. The van der Waals surface area contributed by atoms with Crippen molar-refractivity contribution in [1.29, 1.82) is 0 Å². The first-order valence-corrected chi connectivity index (χ1v) is 7.74. The van der Waals surface area contributed by atoms with Gasteiger partial charge in [0.25, 0.3) is 0 Å². The van der Waals surface area contributed by atoms with Crippen LogP contribution in [0.15, 0.2) is 30.5 Å². The minimum atomic E-state index is -0.285. The van der Waals surface area contributed by atoms with Gasteiger partial charge in [0, 0.05) is 26.2 Å². The molecule has 4 nitrogen and oxygen atoms in total. The molecule has 0 saturated carbocycles. The van der Waals surface area contributed by atoms with E-state index in [1.165, 1.54) is 6.07 Å². The average Bonchev–Trinajstić information content (AvgIpc) is 2.55. The molecule has 116 valence electrons. The molecule has 0 unspecified atom stereocenters. The summed E-state index contributed by atoms with van der Waals surface area (Å²) < 4.78 is 14.0. The molecule has 3 rings (SSSR count). The van der Waals surface area contributed by atoms with Gasteiger partial charge in [-0.2, -0.15) is 0 Å². The molecular weight excluding hydrogens is 279 g/mol. The highest BCUT2D eigenvalue weighted by atomic mass is 19.1. The summed E-state index contributed by atoms with van der Waals surface area (Å²) >= 11 is 0. The summed E-state index contributed by atoms with van der Waals surface area (Å²) in [5.74, 6) is 0.436. The third-order valence-electron chi connectivity index (χ3n) is 3.92. The van der Waals surface area contributed by atoms with Crippen LogP contribution in [0.1, 0.15) is 25.5 Å². The molecule has 2 heterocycles. The van der Waals surface area contributed by atoms with E-state index in [4.69, 9.17) is 0 Å². The summed E-state index contributed by atoms with van der Waals surface area (Å²) in [6.07, 6.45) is 1.84. The van der Waals surface area contributed by atoms with Gasteiger partial charge >= 0.3 is 0 Å². The second-order valence-electron chi connectivity index (χ2n) is 5.84. The van der Waals surface area contributed by atoms with Gasteiger partial charge < -0.3 is 10.2 Å². The molecule has 1 N–H and O–H groups in total. The first-order valence-electron chi connectivity index (χ1n) is 7.74. The summed E-state index contributed by atoms with van der Waals surface area (Å²) in [4.78, 5) is 11.4. The number of anilines is 1. The van der Waals surface area contributed by atoms with Crippen LogP contribution >= 0.6 is 0 Å². The van der Waals surface area contributed by atoms with Crippen LogP contribution in [0.2, 0.25) is 0 Å². The van der Waals surface area contributed by atoms with Crippen molar-refractivity contribution < 1.29 is 4.39 Å². The molecule has 0 bridgehead atoms. The Labute approximate surface area is 130 Å². The number of nitrogens with zero attached hydrogens (tertiary/aromatic N) is 3. The van der Waals surface area contributed by atoms with Crippen molar-refractivity contribution >= 4 is 5.69 Å². The van der Waals surface area contributed by atoms with E-state index in [-0.39, 0.29) is 11.7 Å². The van der Waals surface area contributed by atoms with Crippen LogP contribution in [-0.4, -0.2) is 36.1 Å². The maximum Gasteiger partial charge on any atom is 0.162 e. The van der Waals surface area contributed by atoms with Crippen LogP contribution in [0.5, 0.6) is 0 Å².